The molecule has 1 heterocycles. The van der Waals surface area contributed by atoms with Crippen LogP contribution >= 0.6 is 0 Å². The van der Waals surface area contributed by atoms with E-state index >= 15 is 0 Å². The number of ether oxygens (including phenoxy) is 2. The van der Waals surface area contributed by atoms with E-state index in [1.165, 1.54) is 0 Å². The van der Waals surface area contributed by atoms with E-state index in [0.717, 1.165) is 43.2 Å². The van der Waals surface area contributed by atoms with Gasteiger partial charge in [0.1, 0.15) is 0 Å². The summed E-state index contributed by atoms with van der Waals surface area (Å²) in [7, 11) is 0. The molecule has 1 N–H and O–H groups in total. The Balaban J connectivity index is 1.59. The molecule has 2 aliphatic rings. The van der Waals surface area contributed by atoms with Crippen molar-refractivity contribution in [3.63, 3.8) is 0 Å². The number of carbonyl (C=O) groups excluding carboxylic acids is 1. The van der Waals surface area contributed by atoms with Gasteiger partial charge in [0.2, 0.25) is 0 Å². The first kappa shape index (κ1) is 14.5. The van der Waals surface area contributed by atoms with Gasteiger partial charge in [-0.25, -0.2) is 0 Å². The van der Waals surface area contributed by atoms with E-state index in [4.69, 9.17) is 9.47 Å². The molecule has 1 saturated heterocycles. The van der Waals surface area contributed by atoms with Gasteiger partial charge in [0, 0.05) is 24.4 Å². The molecule has 1 aliphatic heterocycles. The molecule has 0 atom stereocenters. The van der Waals surface area contributed by atoms with E-state index in [-0.39, 0.29) is 17.7 Å². The van der Waals surface area contributed by atoms with E-state index < -0.39 is 0 Å². The highest BCUT2D eigenvalue weighted by Crippen LogP contribution is 2.35. The lowest BCUT2D eigenvalue weighted by molar-refractivity contribution is -0.179. The summed E-state index contributed by atoms with van der Waals surface area (Å²) in [6, 6.07) is 8.05. The largest absolute Gasteiger partial charge is 0.349 e. The number of rotatable bonds is 3. The first-order valence-corrected chi connectivity index (χ1v) is 7.89. The van der Waals surface area contributed by atoms with Gasteiger partial charge in [-0.1, -0.05) is 25.1 Å². The van der Waals surface area contributed by atoms with Crippen LogP contribution in [0.25, 0.3) is 0 Å². The maximum Gasteiger partial charge on any atom is 0.251 e. The molecule has 1 aliphatic carbocycles. The van der Waals surface area contributed by atoms with Crippen LogP contribution in [0.5, 0.6) is 0 Å². The first-order chi connectivity index (χ1) is 10.2. The van der Waals surface area contributed by atoms with Crippen molar-refractivity contribution in [2.45, 2.75) is 50.9 Å². The Morgan fingerprint density at radius 2 is 1.90 bits per heavy atom. The molecule has 2 fully saturated rings. The van der Waals surface area contributed by atoms with Crippen LogP contribution in [0, 0.1) is 0 Å². The Hall–Kier alpha value is -1.39. The molecule has 0 aromatic heterocycles. The molecule has 1 saturated carbocycles. The first-order valence-electron chi connectivity index (χ1n) is 7.89. The summed E-state index contributed by atoms with van der Waals surface area (Å²) < 4.78 is 11.4. The van der Waals surface area contributed by atoms with Crippen molar-refractivity contribution in [1.82, 2.24) is 5.32 Å². The second-order valence-corrected chi connectivity index (χ2v) is 5.87. The van der Waals surface area contributed by atoms with Crippen molar-refractivity contribution in [3.8, 4) is 0 Å². The predicted octanol–water partition coefficient (Wildman–Crippen LogP) is 2.66. The molecule has 21 heavy (non-hydrogen) atoms. The number of carbonyl (C=O) groups is 1. The second-order valence-electron chi connectivity index (χ2n) is 5.87. The van der Waals surface area contributed by atoms with Crippen LogP contribution in [0.15, 0.2) is 24.3 Å². The van der Waals surface area contributed by atoms with Crippen LogP contribution in [0.3, 0.4) is 0 Å². The lowest BCUT2D eigenvalue weighted by Gasteiger charge is -2.35. The summed E-state index contributed by atoms with van der Waals surface area (Å²) in [4.78, 5) is 12.4. The Labute approximate surface area is 125 Å². The van der Waals surface area contributed by atoms with Gasteiger partial charge < -0.3 is 14.8 Å². The van der Waals surface area contributed by atoms with Gasteiger partial charge in [-0.15, -0.1) is 0 Å². The lowest BCUT2D eigenvalue weighted by atomic mass is 9.89. The minimum Gasteiger partial charge on any atom is -0.349 e. The van der Waals surface area contributed by atoms with Gasteiger partial charge in [0.05, 0.1) is 13.2 Å². The number of amides is 1. The van der Waals surface area contributed by atoms with Crippen LogP contribution in [0.4, 0.5) is 0 Å². The topological polar surface area (TPSA) is 47.6 Å². The fraction of sp³-hybridized carbons (Fsp3) is 0.588. The third-order valence-electron chi connectivity index (χ3n) is 4.54. The molecule has 4 heteroatoms. The van der Waals surface area contributed by atoms with Crippen molar-refractivity contribution in [3.05, 3.63) is 35.4 Å². The van der Waals surface area contributed by atoms with Crippen LogP contribution in [0.1, 0.15) is 48.5 Å². The molecule has 1 aromatic rings. The fourth-order valence-electron chi connectivity index (χ4n) is 3.30. The van der Waals surface area contributed by atoms with E-state index in [9.17, 15) is 4.79 Å². The molecule has 4 nitrogen and oxygen atoms in total. The average Bonchev–Trinajstić information content (AvgIpc) is 2.98. The molecule has 0 radical (unpaired) electrons. The third kappa shape index (κ3) is 3.11. The summed E-state index contributed by atoms with van der Waals surface area (Å²) in [5.41, 5.74) is 1.90. The number of benzene rings is 1. The van der Waals surface area contributed by atoms with E-state index in [1.807, 2.05) is 24.3 Å². The zero-order chi connectivity index (χ0) is 14.7. The highest BCUT2D eigenvalue weighted by Gasteiger charge is 2.40. The van der Waals surface area contributed by atoms with E-state index in [1.54, 1.807) is 0 Å². The number of nitrogens with one attached hydrogen (secondary N) is 1. The molecular weight excluding hydrogens is 266 g/mol. The van der Waals surface area contributed by atoms with E-state index in [0.29, 0.717) is 13.2 Å². The lowest BCUT2D eigenvalue weighted by Crippen LogP contribution is -2.44. The highest BCUT2D eigenvalue weighted by atomic mass is 16.7. The van der Waals surface area contributed by atoms with Crippen molar-refractivity contribution >= 4 is 5.91 Å². The fourth-order valence-corrected chi connectivity index (χ4v) is 3.30. The van der Waals surface area contributed by atoms with Crippen LogP contribution in [-0.4, -0.2) is 30.9 Å². The molecule has 0 bridgehead atoms. The zero-order valence-electron chi connectivity index (χ0n) is 12.6. The molecule has 1 aromatic carbocycles. The third-order valence-corrected chi connectivity index (χ3v) is 4.54. The Bertz CT molecular complexity index is 499. The summed E-state index contributed by atoms with van der Waals surface area (Å²) >= 11 is 0. The molecule has 1 spiro atoms. The van der Waals surface area contributed by atoms with Gasteiger partial charge in [-0.05, 0) is 30.9 Å². The Morgan fingerprint density at radius 3 is 2.57 bits per heavy atom. The number of hydrogen-bond acceptors (Lipinski definition) is 3. The number of hydrogen-bond donors (Lipinski definition) is 1. The summed E-state index contributed by atoms with van der Waals surface area (Å²) in [6.45, 7) is 3.47. The summed E-state index contributed by atoms with van der Waals surface area (Å²) in [6.07, 6.45) is 4.44. The van der Waals surface area contributed by atoms with Gasteiger partial charge in [0.15, 0.2) is 5.79 Å². The predicted molar refractivity (Wildman–Crippen MR) is 80.2 cm³/mol. The van der Waals surface area contributed by atoms with Gasteiger partial charge >= 0.3 is 0 Å². The van der Waals surface area contributed by atoms with Crippen LogP contribution in [-0.2, 0) is 15.9 Å². The monoisotopic (exact) mass is 289 g/mol. The number of aryl methyl sites for hydroxylation is 1. The minimum atomic E-state index is -0.359. The maximum atomic E-state index is 12.4. The molecule has 3 rings (SSSR count). The maximum absolute atomic E-state index is 12.4. The minimum absolute atomic E-state index is 0.0432. The van der Waals surface area contributed by atoms with Crippen molar-refractivity contribution in [1.29, 1.82) is 0 Å². The Kier molecular flexibility index (Phi) is 4.27. The van der Waals surface area contributed by atoms with Gasteiger partial charge in [0.25, 0.3) is 5.91 Å². The van der Waals surface area contributed by atoms with Gasteiger partial charge in [-0.2, -0.15) is 0 Å². The molecule has 0 unspecified atom stereocenters. The normalized spacial score (nSPS) is 21.6. The average molecular weight is 289 g/mol. The standard InChI is InChI=1S/C17H23NO3/c1-2-13-5-3-4-6-15(13)16(19)18-14-7-9-17(10-8-14)20-11-12-21-17/h3-6,14H,2,7-12H2,1H3,(H,18,19). The molecule has 114 valence electrons. The van der Waals surface area contributed by atoms with Gasteiger partial charge in [-0.3, -0.25) is 4.79 Å². The summed E-state index contributed by atoms with van der Waals surface area (Å²) in [5, 5.41) is 3.17. The van der Waals surface area contributed by atoms with Crippen molar-refractivity contribution in [2.75, 3.05) is 13.2 Å². The Morgan fingerprint density at radius 1 is 1.24 bits per heavy atom. The van der Waals surface area contributed by atoms with Crippen LogP contribution in [0.2, 0.25) is 0 Å². The molecule has 1 amide bonds. The summed E-state index contributed by atoms with van der Waals surface area (Å²) in [5.74, 6) is -0.315. The smallest absolute Gasteiger partial charge is 0.251 e. The zero-order valence-corrected chi connectivity index (χ0v) is 12.6. The second kappa shape index (κ2) is 6.16. The van der Waals surface area contributed by atoms with Crippen molar-refractivity contribution < 1.29 is 14.3 Å². The van der Waals surface area contributed by atoms with Crippen molar-refractivity contribution in [2.24, 2.45) is 0 Å². The highest BCUT2D eigenvalue weighted by molar-refractivity contribution is 5.95. The van der Waals surface area contributed by atoms with Crippen LogP contribution < -0.4 is 5.32 Å². The van der Waals surface area contributed by atoms with E-state index in [2.05, 4.69) is 12.2 Å². The quantitative estimate of drug-likeness (QED) is 0.930. The molecular formula is C17H23NO3. The SMILES string of the molecule is CCc1ccccc1C(=O)NC1CCC2(CC1)OCCO2.